The van der Waals surface area contributed by atoms with Crippen LogP contribution in [0.15, 0.2) is 34.9 Å². The summed E-state index contributed by atoms with van der Waals surface area (Å²) in [4.78, 5) is 12.2. The molecule has 0 aliphatic rings. The molecule has 4 nitrogen and oxygen atoms in total. The Kier molecular flexibility index (Phi) is 4.44. The van der Waals surface area contributed by atoms with E-state index >= 15 is 0 Å². The predicted molar refractivity (Wildman–Crippen MR) is 81.2 cm³/mol. The lowest BCUT2D eigenvalue weighted by molar-refractivity contribution is 0.101. The van der Waals surface area contributed by atoms with Crippen LogP contribution < -0.4 is 11.1 Å². The maximum atomic E-state index is 13.4. The standard InChI is InChI=1S/C14H15BrFN3O/c1-2-5-19-8-9(17)6-13(19)14(20)18-10-3-4-11(15)12(16)7-10/h3-4,6-8H,2,5,17H2,1H3,(H,18,20). The molecule has 3 N–H and O–H groups in total. The minimum atomic E-state index is -0.425. The third-order valence-corrected chi connectivity index (χ3v) is 3.44. The zero-order chi connectivity index (χ0) is 14.7. The lowest BCUT2D eigenvalue weighted by Gasteiger charge is -2.09. The molecule has 1 heterocycles. The van der Waals surface area contributed by atoms with Crippen LogP contribution in [-0.4, -0.2) is 10.5 Å². The zero-order valence-electron chi connectivity index (χ0n) is 11.0. The van der Waals surface area contributed by atoms with Crippen molar-refractivity contribution in [2.75, 3.05) is 11.1 Å². The lowest BCUT2D eigenvalue weighted by Crippen LogP contribution is -2.16. The summed E-state index contributed by atoms with van der Waals surface area (Å²) < 4.78 is 15.6. The number of carbonyl (C=O) groups is 1. The van der Waals surface area contributed by atoms with Gasteiger partial charge in [-0.2, -0.15) is 0 Å². The van der Waals surface area contributed by atoms with Crippen LogP contribution >= 0.6 is 15.9 Å². The van der Waals surface area contributed by atoms with E-state index in [4.69, 9.17) is 5.73 Å². The number of aromatic nitrogens is 1. The summed E-state index contributed by atoms with van der Waals surface area (Å²) in [5.41, 5.74) is 7.12. The highest BCUT2D eigenvalue weighted by Crippen LogP contribution is 2.20. The van der Waals surface area contributed by atoms with Gasteiger partial charge >= 0.3 is 0 Å². The molecule has 2 rings (SSSR count). The third-order valence-electron chi connectivity index (χ3n) is 2.79. The molecular weight excluding hydrogens is 325 g/mol. The van der Waals surface area contributed by atoms with E-state index in [1.807, 2.05) is 6.92 Å². The van der Waals surface area contributed by atoms with Gasteiger partial charge in [0.2, 0.25) is 0 Å². The van der Waals surface area contributed by atoms with Crippen LogP contribution in [0.4, 0.5) is 15.8 Å². The van der Waals surface area contributed by atoms with Crippen LogP contribution in [0.5, 0.6) is 0 Å². The van der Waals surface area contributed by atoms with Crippen molar-refractivity contribution in [2.24, 2.45) is 0 Å². The van der Waals surface area contributed by atoms with Gasteiger partial charge in [-0.15, -0.1) is 0 Å². The first-order valence-electron chi connectivity index (χ1n) is 6.23. The molecule has 2 aromatic rings. The smallest absolute Gasteiger partial charge is 0.272 e. The van der Waals surface area contributed by atoms with E-state index in [9.17, 15) is 9.18 Å². The third kappa shape index (κ3) is 3.19. The number of halogens is 2. The van der Waals surface area contributed by atoms with Gasteiger partial charge in [0.15, 0.2) is 0 Å². The van der Waals surface area contributed by atoms with E-state index in [0.717, 1.165) is 6.42 Å². The molecule has 0 saturated heterocycles. The fourth-order valence-corrected chi connectivity index (χ4v) is 2.17. The minimum Gasteiger partial charge on any atom is -0.397 e. The Bertz CT molecular complexity index is 639. The number of amides is 1. The van der Waals surface area contributed by atoms with Gasteiger partial charge in [0.05, 0.1) is 10.2 Å². The molecule has 1 aromatic carbocycles. The van der Waals surface area contributed by atoms with Crippen LogP contribution in [0.1, 0.15) is 23.8 Å². The SMILES string of the molecule is CCCn1cc(N)cc1C(=O)Nc1ccc(Br)c(F)c1. The fourth-order valence-electron chi connectivity index (χ4n) is 1.92. The van der Waals surface area contributed by atoms with Crippen LogP contribution in [-0.2, 0) is 6.54 Å². The average Bonchev–Trinajstić information content (AvgIpc) is 2.75. The largest absolute Gasteiger partial charge is 0.397 e. The van der Waals surface area contributed by atoms with Crippen molar-refractivity contribution in [2.45, 2.75) is 19.9 Å². The van der Waals surface area contributed by atoms with Crippen molar-refractivity contribution < 1.29 is 9.18 Å². The van der Waals surface area contributed by atoms with E-state index in [0.29, 0.717) is 28.1 Å². The first kappa shape index (κ1) is 14.6. The summed E-state index contributed by atoms with van der Waals surface area (Å²) in [5.74, 6) is -0.733. The van der Waals surface area contributed by atoms with Gasteiger partial charge in [0.25, 0.3) is 5.91 Å². The maximum Gasteiger partial charge on any atom is 0.272 e. The van der Waals surface area contributed by atoms with Gasteiger partial charge in [0.1, 0.15) is 11.5 Å². The zero-order valence-corrected chi connectivity index (χ0v) is 12.6. The Hall–Kier alpha value is -1.82. The summed E-state index contributed by atoms with van der Waals surface area (Å²) in [6.45, 7) is 2.72. The second kappa shape index (κ2) is 6.09. The number of hydrogen-bond acceptors (Lipinski definition) is 2. The molecule has 0 fully saturated rings. The van der Waals surface area contributed by atoms with Gasteiger partial charge in [-0.1, -0.05) is 6.92 Å². The molecule has 0 bridgehead atoms. The Morgan fingerprint density at radius 3 is 2.85 bits per heavy atom. The number of carbonyl (C=O) groups excluding carboxylic acids is 1. The second-order valence-electron chi connectivity index (χ2n) is 4.44. The van der Waals surface area contributed by atoms with Gasteiger partial charge in [-0.05, 0) is 46.6 Å². The van der Waals surface area contributed by atoms with Crippen molar-refractivity contribution in [1.29, 1.82) is 0 Å². The molecule has 0 unspecified atom stereocenters. The molecule has 0 aliphatic carbocycles. The highest BCUT2D eigenvalue weighted by Gasteiger charge is 2.13. The molecule has 0 radical (unpaired) electrons. The summed E-state index contributed by atoms with van der Waals surface area (Å²) >= 11 is 3.07. The van der Waals surface area contributed by atoms with Gasteiger partial charge in [-0.3, -0.25) is 4.79 Å². The van der Waals surface area contributed by atoms with E-state index in [2.05, 4.69) is 21.2 Å². The van der Waals surface area contributed by atoms with Crippen LogP contribution in [0.3, 0.4) is 0 Å². The Balaban J connectivity index is 2.21. The van der Waals surface area contributed by atoms with Crippen molar-refractivity contribution in [1.82, 2.24) is 4.57 Å². The molecule has 0 aliphatic heterocycles. The topological polar surface area (TPSA) is 60.0 Å². The number of aryl methyl sites for hydroxylation is 1. The van der Waals surface area contributed by atoms with E-state index in [1.54, 1.807) is 29.0 Å². The molecule has 0 spiro atoms. The first-order valence-corrected chi connectivity index (χ1v) is 7.02. The Morgan fingerprint density at radius 1 is 1.45 bits per heavy atom. The number of nitrogen functional groups attached to an aromatic ring is 1. The van der Waals surface area contributed by atoms with Crippen molar-refractivity contribution >= 4 is 33.2 Å². The van der Waals surface area contributed by atoms with Crippen molar-refractivity contribution in [3.63, 3.8) is 0 Å². The van der Waals surface area contributed by atoms with Gasteiger partial charge in [0, 0.05) is 18.4 Å². The highest BCUT2D eigenvalue weighted by molar-refractivity contribution is 9.10. The molecule has 0 atom stereocenters. The second-order valence-corrected chi connectivity index (χ2v) is 5.29. The number of benzene rings is 1. The van der Waals surface area contributed by atoms with E-state index in [1.165, 1.54) is 6.07 Å². The molecule has 1 aromatic heterocycles. The molecule has 20 heavy (non-hydrogen) atoms. The quantitative estimate of drug-likeness (QED) is 0.893. The van der Waals surface area contributed by atoms with Crippen LogP contribution in [0, 0.1) is 5.82 Å². The normalized spacial score (nSPS) is 10.6. The summed E-state index contributed by atoms with van der Waals surface area (Å²) in [5, 5.41) is 2.66. The van der Waals surface area contributed by atoms with Crippen molar-refractivity contribution in [3.8, 4) is 0 Å². The van der Waals surface area contributed by atoms with E-state index < -0.39 is 5.82 Å². The lowest BCUT2D eigenvalue weighted by atomic mass is 10.3. The summed E-state index contributed by atoms with van der Waals surface area (Å²) in [6, 6.07) is 6.05. The molecule has 1 amide bonds. The summed E-state index contributed by atoms with van der Waals surface area (Å²) in [6.07, 6.45) is 2.61. The van der Waals surface area contributed by atoms with Crippen molar-refractivity contribution in [3.05, 3.63) is 46.4 Å². The number of nitrogens with one attached hydrogen (secondary N) is 1. The Labute approximate surface area is 124 Å². The van der Waals surface area contributed by atoms with E-state index in [-0.39, 0.29) is 5.91 Å². The van der Waals surface area contributed by atoms with Gasteiger partial charge in [-0.25, -0.2) is 4.39 Å². The first-order chi connectivity index (χ1) is 9.51. The Morgan fingerprint density at radius 2 is 2.20 bits per heavy atom. The summed E-state index contributed by atoms with van der Waals surface area (Å²) in [7, 11) is 0. The molecule has 6 heteroatoms. The number of anilines is 2. The number of nitrogens with two attached hydrogens (primary N) is 1. The number of nitrogens with zero attached hydrogens (tertiary/aromatic N) is 1. The average molecular weight is 340 g/mol. The molecule has 0 saturated carbocycles. The number of hydrogen-bond donors (Lipinski definition) is 2. The monoisotopic (exact) mass is 339 g/mol. The van der Waals surface area contributed by atoms with Gasteiger partial charge < -0.3 is 15.6 Å². The van der Waals surface area contributed by atoms with Crippen LogP contribution in [0.2, 0.25) is 0 Å². The predicted octanol–water partition coefficient (Wildman–Crippen LogP) is 3.63. The highest BCUT2D eigenvalue weighted by atomic mass is 79.9. The maximum absolute atomic E-state index is 13.4. The molecule has 106 valence electrons. The fraction of sp³-hybridized carbons (Fsp3) is 0.214. The number of rotatable bonds is 4. The van der Waals surface area contributed by atoms with Crippen LogP contribution in [0.25, 0.3) is 0 Å². The molecular formula is C14H15BrFN3O. The minimum absolute atomic E-state index is 0.308.